The summed E-state index contributed by atoms with van der Waals surface area (Å²) in [7, 11) is 1.95. The predicted octanol–water partition coefficient (Wildman–Crippen LogP) is 2.95. The molecule has 28 heavy (non-hydrogen) atoms. The molecule has 1 unspecified atom stereocenters. The van der Waals surface area contributed by atoms with Crippen molar-refractivity contribution in [2.45, 2.75) is 30.5 Å². The van der Waals surface area contributed by atoms with Gasteiger partial charge in [-0.1, -0.05) is 54.2 Å². The van der Waals surface area contributed by atoms with Crippen molar-refractivity contribution < 1.29 is 9.53 Å². The van der Waals surface area contributed by atoms with Crippen LogP contribution in [0, 0.1) is 0 Å². The zero-order valence-electron chi connectivity index (χ0n) is 15.9. The summed E-state index contributed by atoms with van der Waals surface area (Å²) in [4.78, 5) is 12.1. The maximum atomic E-state index is 12.1. The van der Waals surface area contributed by atoms with Gasteiger partial charge >= 0.3 is 0 Å². The Labute approximate surface area is 168 Å². The van der Waals surface area contributed by atoms with E-state index in [0.717, 1.165) is 30.4 Å². The van der Waals surface area contributed by atoms with Gasteiger partial charge in [-0.3, -0.25) is 4.79 Å². The van der Waals surface area contributed by atoms with Gasteiger partial charge in [-0.25, -0.2) is 0 Å². The number of fused-ring (bicyclic) bond motifs is 1. The molecule has 1 N–H and O–H groups in total. The van der Waals surface area contributed by atoms with E-state index in [1.165, 1.54) is 28.1 Å². The molecule has 0 spiro atoms. The first-order chi connectivity index (χ1) is 13.7. The molecule has 0 bridgehead atoms. The molecule has 1 aliphatic heterocycles. The number of aromatic nitrogens is 3. The summed E-state index contributed by atoms with van der Waals surface area (Å²) in [5.74, 6) is 1.21. The van der Waals surface area contributed by atoms with Crippen molar-refractivity contribution in [1.82, 2.24) is 20.1 Å². The molecule has 1 amide bonds. The fraction of sp³-hybridized carbons (Fsp3) is 0.381. The maximum Gasteiger partial charge on any atom is 0.230 e. The van der Waals surface area contributed by atoms with Crippen LogP contribution in [0.15, 0.2) is 47.6 Å². The van der Waals surface area contributed by atoms with Crippen LogP contribution in [-0.2, 0) is 23.0 Å². The molecular weight excluding hydrogens is 372 g/mol. The number of rotatable bonds is 7. The Morgan fingerprint density at radius 1 is 1.25 bits per heavy atom. The van der Waals surface area contributed by atoms with Gasteiger partial charge in [-0.15, -0.1) is 10.2 Å². The molecule has 1 aliphatic rings. The summed E-state index contributed by atoms with van der Waals surface area (Å²) in [5.41, 5.74) is 1.22. The summed E-state index contributed by atoms with van der Waals surface area (Å²) in [6.07, 6.45) is 2.97. The van der Waals surface area contributed by atoms with E-state index in [0.29, 0.717) is 18.7 Å². The number of amides is 1. The first kappa shape index (κ1) is 19.0. The largest absolute Gasteiger partial charge is 0.376 e. The van der Waals surface area contributed by atoms with Crippen LogP contribution in [0.5, 0.6) is 0 Å². The highest BCUT2D eigenvalue weighted by Gasteiger charge is 2.17. The number of ether oxygens (including phenoxy) is 1. The molecule has 146 valence electrons. The summed E-state index contributed by atoms with van der Waals surface area (Å²) in [6, 6.07) is 14.7. The molecule has 1 fully saturated rings. The summed E-state index contributed by atoms with van der Waals surface area (Å²) < 4.78 is 7.50. The Balaban J connectivity index is 1.36. The van der Waals surface area contributed by atoms with E-state index in [4.69, 9.17) is 4.74 Å². The molecule has 0 radical (unpaired) electrons. The second-order valence-electron chi connectivity index (χ2n) is 7.00. The highest BCUT2D eigenvalue weighted by Crippen LogP contribution is 2.22. The molecule has 0 aliphatic carbocycles. The fourth-order valence-corrected chi connectivity index (χ4v) is 4.22. The third kappa shape index (κ3) is 4.36. The van der Waals surface area contributed by atoms with Gasteiger partial charge in [0.15, 0.2) is 5.16 Å². The van der Waals surface area contributed by atoms with Crippen LogP contribution >= 0.6 is 11.8 Å². The summed E-state index contributed by atoms with van der Waals surface area (Å²) in [6.45, 7) is 1.39. The van der Waals surface area contributed by atoms with Crippen LogP contribution in [0.3, 0.4) is 0 Å². The number of hydrogen-bond acceptors (Lipinski definition) is 5. The highest BCUT2D eigenvalue weighted by molar-refractivity contribution is 7.99. The monoisotopic (exact) mass is 396 g/mol. The molecule has 2 aromatic carbocycles. The minimum absolute atomic E-state index is 0.000830. The third-order valence-electron chi connectivity index (χ3n) is 5.04. The normalized spacial score (nSPS) is 16.5. The number of carbonyl (C=O) groups excluding carboxylic acids is 1. The van der Waals surface area contributed by atoms with Gasteiger partial charge in [0.25, 0.3) is 0 Å². The van der Waals surface area contributed by atoms with Crippen molar-refractivity contribution >= 4 is 28.4 Å². The van der Waals surface area contributed by atoms with Gasteiger partial charge < -0.3 is 14.6 Å². The first-order valence-electron chi connectivity index (χ1n) is 9.57. The van der Waals surface area contributed by atoms with E-state index >= 15 is 0 Å². The Kier molecular flexibility index (Phi) is 5.92. The maximum absolute atomic E-state index is 12.1. The summed E-state index contributed by atoms with van der Waals surface area (Å²) in [5, 5.41) is 14.8. The SMILES string of the molecule is Cn1c(Cc2cccc3ccccc23)nnc1SCC(=O)NCC1CCCO1. The summed E-state index contributed by atoms with van der Waals surface area (Å²) >= 11 is 1.41. The molecule has 6 nitrogen and oxygen atoms in total. The quantitative estimate of drug-likeness (QED) is 0.622. The van der Waals surface area contributed by atoms with E-state index in [2.05, 4.69) is 51.9 Å². The molecule has 1 atom stereocenters. The van der Waals surface area contributed by atoms with Crippen LogP contribution in [0.2, 0.25) is 0 Å². The van der Waals surface area contributed by atoms with Crippen molar-refractivity contribution in [3.05, 3.63) is 53.9 Å². The first-order valence-corrected chi connectivity index (χ1v) is 10.6. The zero-order chi connectivity index (χ0) is 19.3. The molecule has 2 heterocycles. The van der Waals surface area contributed by atoms with E-state index in [1.807, 2.05) is 17.7 Å². The minimum Gasteiger partial charge on any atom is -0.376 e. The molecular formula is C21H24N4O2S. The highest BCUT2D eigenvalue weighted by atomic mass is 32.2. The molecule has 4 rings (SSSR count). The molecule has 0 saturated carbocycles. The second kappa shape index (κ2) is 8.75. The van der Waals surface area contributed by atoms with E-state index in [-0.39, 0.29) is 12.0 Å². The number of carbonyl (C=O) groups is 1. The Morgan fingerprint density at radius 2 is 2.11 bits per heavy atom. The standard InChI is InChI=1S/C21H24N4O2S/c1-25-19(12-16-8-4-7-15-6-2-3-10-18(15)16)23-24-21(25)28-14-20(26)22-13-17-9-5-11-27-17/h2-4,6-8,10,17H,5,9,11-14H2,1H3,(H,22,26). The van der Waals surface area contributed by atoms with Crippen LogP contribution in [0.1, 0.15) is 24.2 Å². The average molecular weight is 397 g/mol. The van der Waals surface area contributed by atoms with Crippen LogP contribution in [0.25, 0.3) is 10.8 Å². The molecule has 7 heteroatoms. The van der Waals surface area contributed by atoms with Gasteiger partial charge in [-0.2, -0.15) is 0 Å². The lowest BCUT2D eigenvalue weighted by molar-refractivity contribution is -0.119. The lowest BCUT2D eigenvalue weighted by atomic mass is 10.0. The average Bonchev–Trinajstić information content (AvgIpc) is 3.36. The van der Waals surface area contributed by atoms with Crippen molar-refractivity contribution in [1.29, 1.82) is 0 Å². The number of hydrogen-bond donors (Lipinski definition) is 1. The third-order valence-corrected chi connectivity index (χ3v) is 6.06. The van der Waals surface area contributed by atoms with Crippen LogP contribution in [0.4, 0.5) is 0 Å². The number of benzene rings is 2. The van der Waals surface area contributed by atoms with Crippen molar-refractivity contribution in [2.24, 2.45) is 7.05 Å². The van der Waals surface area contributed by atoms with E-state index in [9.17, 15) is 4.79 Å². The van der Waals surface area contributed by atoms with E-state index < -0.39 is 0 Å². The van der Waals surface area contributed by atoms with Gasteiger partial charge in [0.2, 0.25) is 5.91 Å². The Morgan fingerprint density at radius 3 is 2.96 bits per heavy atom. The van der Waals surface area contributed by atoms with Crippen molar-refractivity contribution in [3.8, 4) is 0 Å². The Bertz CT molecular complexity index is 961. The number of nitrogens with zero attached hydrogens (tertiary/aromatic N) is 3. The predicted molar refractivity (Wildman–Crippen MR) is 110 cm³/mol. The van der Waals surface area contributed by atoms with Gasteiger partial charge in [0.1, 0.15) is 5.82 Å². The van der Waals surface area contributed by atoms with Crippen molar-refractivity contribution in [3.63, 3.8) is 0 Å². The van der Waals surface area contributed by atoms with E-state index in [1.54, 1.807) is 0 Å². The number of nitrogens with one attached hydrogen (secondary N) is 1. The van der Waals surface area contributed by atoms with Crippen molar-refractivity contribution in [2.75, 3.05) is 18.9 Å². The smallest absolute Gasteiger partial charge is 0.230 e. The topological polar surface area (TPSA) is 69.0 Å². The fourth-order valence-electron chi connectivity index (χ4n) is 3.46. The van der Waals surface area contributed by atoms with Gasteiger partial charge in [-0.05, 0) is 29.2 Å². The molecule has 1 aromatic heterocycles. The number of thioether (sulfide) groups is 1. The van der Waals surface area contributed by atoms with Crippen LogP contribution < -0.4 is 5.32 Å². The lowest BCUT2D eigenvalue weighted by Crippen LogP contribution is -2.32. The Hall–Kier alpha value is -2.38. The molecule has 1 saturated heterocycles. The van der Waals surface area contributed by atoms with Gasteiger partial charge in [0.05, 0.1) is 11.9 Å². The van der Waals surface area contributed by atoms with Gasteiger partial charge in [0, 0.05) is 26.6 Å². The lowest BCUT2D eigenvalue weighted by Gasteiger charge is -2.10. The second-order valence-corrected chi connectivity index (χ2v) is 7.94. The minimum atomic E-state index is -0.000830. The van der Waals surface area contributed by atoms with Crippen LogP contribution in [-0.4, -0.2) is 45.7 Å². The zero-order valence-corrected chi connectivity index (χ0v) is 16.7. The molecule has 3 aromatic rings.